The molecule has 0 aromatic heterocycles. The van der Waals surface area contributed by atoms with Gasteiger partial charge in [-0.05, 0) is 23.9 Å². The number of rotatable bonds is 0. The Morgan fingerprint density at radius 2 is 0.357 bits per heavy atom. The van der Waals surface area contributed by atoms with Gasteiger partial charge < -0.3 is 40.2 Å². The van der Waals surface area contributed by atoms with Crippen LogP contribution in [0.25, 0.3) is 0 Å². The first-order chi connectivity index (χ1) is 9.08. The minimum absolute atomic E-state index is 0. The smallest absolute Gasteiger partial charge is 0.881 e. The van der Waals surface area contributed by atoms with Gasteiger partial charge in [0, 0.05) is 28.5 Å². The zero-order valence-corrected chi connectivity index (χ0v) is 33.4. The van der Waals surface area contributed by atoms with Crippen LogP contribution in [0.4, 0.5) is 0 Å². The molecule has 0 saturated heterocycles. The number of nitrogens with zero attached hydrogens (tertiary/aromatic N) is 4. The quantitative estimate of drug-likeness (QED) is 0.305. The van der Waals surface area contributed by atoms with Crippen molar-refractivity contribution in [1.82, 2.24) is 0 Å². The molecule has 0 N–H and O–H groups in total. The van der Waals surface area contributed by atoms with E-state index >= 15 is 0 Å². The second-order valence-corrected chi connectivity index (χ2v) is 1.84. The Morgan fingerprint density at radius 3 is 0.357 bits per heavy atom. The summed E-state index contributed by atoms with van der Waals surface area (Å²) in [6.45, 7) is 0. The second kappa shape index (κ2) is 69.8. The van der Waals surface area contributed by atoms with E-state index < -0.39 is 28.5 Å². The van der Waals surface area contributed by atoms with E-state index in [9.17, 15) is 0 Å². The standard InChI is InChI=1S/4CBNO2.8Na/c4*3-1-2(4)5;;;;;;;;/q4*-2;8*+1. The zero-order valence-electron chi connectivity index (χ0n) is 17.4. The molecule has 0 aromatic rings. The molecule has 0 aliphatic carbocycles. The maximum atomic E-state index is 8.98. The van der Waals surface area contributed by atoms with Gasteiger partial charge in [0.15, 0.2) is 0 Å². The van der Waals surface area contributed by atoms with E-state index in [2.05, 4.69) is 0 Å². The Morgan fingerprint density at radius 1 is 0.321 bits per heavy atom. The summed E-state index contributed by atoms with van der Waals surface area (Å²) in [6, 6.07) is 0. The van der Waals surface area contributed by atoms with E-state index in [4.69, 9.17) is 61.2 Å². The molecule has 0 aliphatic rings. The Kier molecular flexibility index (Phi) is 191. The van der Waals surface area contributed by atoms with Crippen LogP contribution in [0.1, 0.15) is 0 Å². The molecule has 0 rings (SSSR count). The minimum Gasteiger partial charge on any atom is -0.881 e. The molecule has 0 aromatic carbocycles. The van der Waals surface area contributed by atoms with E-state index in [1.54, 1.807) is 0 Å². The predicted molar refractivity (Wildman–Crippen MR) is 45.5 cm³/mol. The summed E-state index contributed by atoms with van der Waals surface area (Å²) in [5.74, 6) is 3.67. The summed E-state index contributed by atoms with van der Waals surface area (Å²) in [5, 5.41) is 101. The summed E-state index contributed by atoms with van der Waals surface area (Å²) in [4.78, 5) is 0. The number of hydrogen-bond acceptors (Lipinski definition) is 12. The number of hydrogen-bond donors (Lipinski definition) is 0. The van der Waals surface area contributed by atoms with Gasteiger partial charge in [0.25, 0.3) is 0 Å². The molecule has 24 heteroatoms. The van der Waals surface area contributed by atoms with Crippen LogP contribution in [0.2, 0.25) is 0 Å². The topological polar surface area (TPSA) is 280 Å². The maximum Gasteiger partial charge on any atom is 1.00 e. The van der Waals surface area contributed by atoms with Crippen LogP contribution < -0.4 is 277 Å². The van der Waals surface area contributed by atoms with Gasteiger partial charge in [0.2, 0.25) is 0 Å². The van der Waals surface area contributed by atoms with Gasteiger partial charge in [-0.15, -0.1) is 0 Å². The zero-order chi connectivity index (χ0) is 17.1. The van der Waals surface area contributed by atoms with Crippen LogP contribution in [-0.2, 0) is 0 Å². The van der Waals surface area contributed by atoms with Crippen molar-refractivity contribution < 1.29 is 277 Å². The van der Waals surface area contributed by atoms with Crippen molar-refractivity contribution in [2.75, 3.05) is 0 Å². The monoisotopic (exact) mass is 460 g/mol. The molecule has 0 atom stereocenters. The molecule has 0 amide bonds. The molecule has 0 heterocycles. The van der Waals surface area contributed by atoms with Crippen molar-refractivity contribution in [2.45, 2.75) is 0 Å². The fraction of sp³-hybridized carbons (Fsp3) is 0. The third-order valence-electron chi connectivity index (χ3n) is 0.422. The Bertz CT molecular complexity index is 317. The van der Waals surface area contributed by atoms with Crippen molar-refractivity contribution in [1.29, 1.82) is 21.0 Å². The Balaban J connectivity index is -0.0000000111. The fourth-order valence-electron chi connectivity index (χ4n) is 0. The molecule has 28 heavy (non-hydrogen) atoms. The summed E-state index contributed by atoms with van der Waals surface area (Å²) in [7, 11) is -9.24. The molecule has 0 aliphatic heterocycles. The van der Waals surface area contributed by atoms with Crippen LogP contribution in [0, 0.1) is 44.9 Å². The molecule has 0 unspecified atom stereocenters. The Hall–Kier alpha value is 5.90. The van der Waals surface area contributed by atoms with Crippen molar-refractivity contribution in [2.24, 2.45) is 0 Å². The molecule has 0 saturated carbocycles. The van der Waals surface area contributed by atoms with Gasteiger partial charge in [0.05, 0.1) is 0 Å². The van der Waals surface area contributed by atoms with E-state index in [1.807, 2.05) is 0 Å². The Labute approximate surface area is 342 Å². The van der Waals surface area contributed by atoms with Crippen molar-refractivity contribution in [3.05, 3.63) is 0 Å². The SMILES string of the molecule is N#CB([O-])[O-].N#CB([O-])[O-].N#CB([O-])[O-].N#CB([O-])[O-].[Na+].[Na+].[Na+].[Na+].[Na+].[Na+].[Na+].[Na+]. The molecule has 0 bridgehead atoms. The van der Waals surface area contributed by atoms with Gasteiger partial charge in [-0.2, -0.15) is 0 Å². The van der Waals surface area contributed by atoms with Gasteiger partial charge in [0.1, 0.15) is 0 Å². The molecular weight excluding hydrogens is 459 g/mol. The first kappa shape index (κ1) is 76.5. The maximum absolute atomic E-state index is 8.98. The van der Waals surface area contributed by atoms with Crippen LogP contribution in [0.3, 0.4) is 0 Å². The van der Waals surface area contributed by atoms with E-state index in [-0.39, 0.29) is 236 Å². The first-order valence-corrected chi connectivity index (χ1v) is 3.93. The normalized spacial score (nSPS) is 4.14. The summed E-state index contributed by atoms with van der Waals surface area (Å²) in [6.07, 6.45) is 0. The summed E-state index contributed by atoms with van der Waals surface area (Å²) in [5.41, 5.74) is 0. The van der Waals surface area contributed by atoms with Crippen LogP contribution in [-0.4, -0.2) is 28.5 Å². The molecular formula is C4B4N4Na8O8. The summed E-state index contributed by atoms with van der Waals surface area (Å²) >= 11 is 0. The number of nitriles is 4. The van der Waals surface area contributed by atoms with Crippen LogP contribution >= 0.6 is 0 Å². The van der Waals surface area contributed by atoms with Crippen molar-refractivity contribution in [3.63, 3.8) is 0 Å². The van der Waals surface area contributed by atoms with Gasteiger partial charge in [-0.3, -0.25) is 0 Å². The summed E-state index contributed by atoms with van der Waals surface area (Å²) < 4.78 is 0. The van der Waals surface area contributed by atoms with Gasteiger partial charge >= 0.3 is 236 Å². The van der Waals surface area contributed by atoms with E-state index in [0.29, 0.717) is 0 Å². The van der Waals surface area contributed by atoms with Gasteiger partial charge in [-0.1, -0.05) is 0 Å². The first-order valence-electron chi connectivity index (χ1n) is 3.93. The molecule has 12 nitrogen and oxygen atoms in total. The second-order valence-electron chi connectivity index (χ2n) is 1.84. The van der Waals surface area contributed by atoms with Crippen LogP contribution in [0.15, 0.2) is 0 Å². The largest absolute Gasteiger partial charge is 1.00 e. The van der Waals surface area contributed by atoms with Gasteiger partial charge in [-0.25, -0.2) is 21.0 Å². The van der Waals surface area contributed by atoms with Crippen LogP contribution in [0.5, 0.6) is 0 Å². The molecule has 0 spiro atoms. The minimum atomic E-state index is -2.31. The molecule has 0 fully saturated rings. The average Bonchev–Trinajstić information content (AvgIpc) is 2.40. The average molecular weight is 459 g/mol. The molecule has 0 radical (unpaired) electrons. The fourth-order valence-corrected chi connectivity index (χ4v) is 0. The predicted octanol–water partition coefficient (Wildman–Crippen LogP) is -34.9. The molecule has 104 valence electrons. The van der Waals surface area contributed by atoms with E-state index in [0.717, 1.165) is 23.9 Å². The van der Waals surface area contributed by atoms with Crippen molar-refractivity contribution >= 4 is 28.5 Å². The van der Waals surface area contributed by atoms with Crippen molar-refractivity contribution in [3.8, 4) is 23.9 Å². The third-order valence-corrected chi connectivity index (χ3v) is 0.422. The van der Waals surface area contributed by atoms with E-state index in [1.165, 1.54) is 0 Å². The third kappa shape index (κ3) is 158.